The van der Waals surface area contributed by atoms with Gasteiger partial charge in [-0.05, 0) is 19.1 Å². The summed E-state index contributed by atoms with van der Waals surface area (Å²) in [6, 6.07) is 0. The first-order valence-corrected chi connectivity index (χ1v) is 6.72. The first-order valence-electron chi connectivity index (χ1n) is 6.72. The van der Waals surface area contributed by atoms with Crippen LogP contribution in [0.4, 0.5) is 13.2 Å². The van der Waals surface area contributed by atoms with Crippen LogP contribution < -0.4 is 0 Å². The lowest BCUT2D eigenvalue weighted by molar-refractivity contribution is -0.124. The van der Waals surface area contributed by atoms with E-state index in [1.54, 1.807) is 6.08 Å². The highest BCUT2D eigenvalue weighted by Gasteiger charge is 2.33. The van der Waals surface area contributed by atoms with Crippen molar-refractivity contribution < 1.29 is 27.8 Å². The van der Waals surface area contributed by atoms with Crippen molar-refractivity contribution in [3.05, 3.63) is 48.0 Å². The van der Waals surface area contributed by atoms with Crippen molar-refractivity contribution in [3.8, 4) is 0 Å². The number of amides is 1. The molecule has 23 heavy (non-hydrogen) atoms. The number of aliphatic hydroxyl groups excluding tert-OH is 1. The largest absolute Gasteiger partial charge is 0.499 e. The first kappa shape index (κ1) is 18.7. The highest BCUT2D eigenvalue weighted by Crippen LogP contribution is 2.26. The van der Waals surface area contributed by atoms with Gasteiger partial charge in [-0.3, -0.25) is 9.79 Å². The predicted molar refractivity (Wildman–Crippen MR) is 79.4 cm³/mol. The van der Waals surface area contributed by atoms with E-state index in [1.165, 1.54) is 42.8 Å². The van der Waals surface area contributed by atoms with E-state index >= 15 is 0 Å². The number of halogens is 3. The van der Waals surface area contributed by atoms with Gasteiger partial charge in [-0.25, -0.2) is 0 Å². The summed E-state index contributed by atoms with van der Waals surface area (Å²) in [5.41, 5.74) is -1.38. The number of carbonyl (C=O) groups is 1. The van der Waals surface area contributed by atoms with Crippen LogP contribution in [-0.2, 0) is 9.53 Å². The highest BCUT2D eigenvalue weighted by molar-refractivity contribution is 5.97. The molecule has 0 saturated heterocycles. The van der Waals surface area contributed by atoms with Crippen molar-refractivity contribution in [2.75, 3.05) is 19.8 Å². The Morgan fingerprint density at radius 1 is 1.48 bits per heavy atom. The lowest BCUT2D eigenvalue weighted by Gasteiger charge is -2.19. The van der Waals surface area contributed by atoms with E-state index in [-0.39, 0.29) is 18.7 Å². The highest BCUT2D eigenvalue weighted by atomic mass is 19.4. The number of hydrogen-bond donors (Lipinski definition) is 1. The van der Waals surface area contributed by atoms with Gasteiger partial charge in [0.1, 0.15) is 6.61 Å². The summed E-state index contributed by atoms with van der Waals surface area (Å²) in [7, 11) is 0. The number of aliphatic imine (C=N–C) groups is 1. The van der Waals surface area contributed by atoms with E-state index in [0.29, 0.717) is 6.08 Å². The van der Waals surface area contributed by atoms with Crippen LogP contribution in [-0.4, -0.2) is 48.1 Å². The molecule has 8 heteroatoms. The fraction of sp³-hybridized carbons (Fsp3) is 0.333. The summed E-state index contributed by atoms with van der Waals surface area (Å²) >= 11 is 0. The minimum absolute atomic E-state index is 0.140. The van der Waals surface area contributed by atoms with Gasteiger partial charge in [0.15, 0.2) is 0 Å². The molecule has 0 unspecified atom stereocenters. The molecule has 0 spiro atoms. The van der Waals surface area contributed by atoms with E-state index in [0.717, 1.165) is 0 Å². The second kappa shape index (κ2) is 8.94. The van der Waals surface area contributed by atoms with Gasteiger partial charge in [-0.2, -0.15) is 13.2 Å². The van der Waals surface area contributed by atoms with Crippen molar-refractivity contribution in [1.29, 1.82) is 0 Å². The normalized spacial score (nSPS) is 21.3. The van der Waals surface area contributed by atoms with Crippen LogP contribution in [0.1, 0.15) is 6.92 Å². The number of nitrogens with zero attached hydrogens (tertiary/aromatic N) is 2. The summed E-state index contributed by atoms with van der Waals surface area (Å²) in [6.45, 7) is 0.549. The molecule has 0 aromatic rings. The van der Waals surface area contributed by atoms with E-state index in [4.69, 9.17) is 9.84 Å². The van der Waals surface area contributed by atoms with Crippen LogP contribution in [0.5, 0.6) is 0 Å². The molecule has 1 heterocycles. The van der Waals surface area contributed by atoms with Gasteiger partial charge in [0.2, 0.25) is 0 Å². The average molecular weight is 330 g/mol. The summed E-state index contributed by atoms with van der Waals surface area (Å²) in [4.78, 5) is 17.4. The molecular weight excluding hydrogens is 313 g/mol. The standard InChI is InChI=1S/C15H17F3N2O3/c1-2-12(10-13(11-21)15(16,17)18)14(22)20-6-5-19-4-3-8-23-9-7-20/h2-6,8,10,21H,7,9,11H2,1H3/b6-5+,8-3+,12-2+,13-10+,19-4-. The number of hydrogen-bond acceptors (Lipinski definition) is 4. The third-order valence-electron chi connectivity index (χ3n) is 2.81. The summed E-state index contributed by atoms with van der Waals surface area (Å²) in [5, 5.41) is 8.85. The molecule has 0 aromatic carbocycles. The fourth-order valence-electron chi connectivity index (χ4n) is 1.61. The molecule has 5 nitrogen and oxygen atoms in total. The number of aliphatic hydroxyl groups is 1. The Bertz CT molecular complexity index is 561. The van der Waals surface area contributed by atoms with Crippen LogP contribution in [0.3, 0.4) is 0 Å². The predicted octanol–water partition coefficient (Wildman–Crippen LogP) is 2.33. The molecule has 0 aliphatic carbocycles. The quantitative estimate of drug-likeness (QED) is 0.638. The number of allylic oxidation sites excluding steroid dienone is 2. The van der Waals surface area contributed by atoms with Gasteiger partial charge >= 0.3 is 6.18 Å². The summed E-state index contributed by atoms with van der Waals surface area (Å²) in [5.74, 6) is -0.651. The second-order valence-corrected chi connectivity index (χ2v) is 4.36. The lowest BCUT2D eigenvalue weighted by atomic mass is 10.1. The maximum atomic E-state index is 12.7. The Morgan fingerprint density at radius 3 is 2.83 bits per heavy atom. The van der Waals surface area contributed by atoms with Crippen LogP contribution >= 0.6 is 0 Å². The van der Waals surface area contributed by atoms with Gasteiger partial charge in [-0.15, -0.1) is 0 Å². The van der Waals surface area contributed by atoms with Crippen molar-refractivity contribution in [1.82, 2.24) is 4.90 Å². The maximum absolute atomic E-state index is 12.7. The molecule has 0 fully saturated rings. The Hall–Kier alpha value is -2.35. The summed E-state index contributed by atoms with van der Waals surface area (Å²) < 4.78 is 43.2. The smallest absolute Gasteiger partial charge is 0.414 e. The Morgan fingerprint density at radius 2 is 2.22 bits per heavy atom. The van der Waals surface area contributed by atoms with E-state index in [1.807, 2.05) is 0 Å². The van der Waals surface area contributed by atoms with Crippen molar-refractivity contribution >= 4 is 12.1 Å². The first-order chi connectivity index (χ1) is 10.9. The molecule has 0 atom stereocenters. The molecule has 0 saturated carbocycles. The van der Waals surface area contributed by atoms with Crippen molar-refractivity contribution in [2.24, 2.45) is 4.99 Å². The zero-order valence-electron chi connectivity index (χ0n) is 12.5. The zero-order chi connectivity index (χ0) is 17.3. The molecule has 0 aromatic heterocycles. The average Bonchev–Trinajstić information content (AvgIpc) is 2.51. The molecular formula is C15H17F3N2O3. The monoisotopic (exact) mass is 330 g/mol. The molecule has 1 rings (SSSR count). The van der Waals surface area contributed by atoms with Gasteiger partial charge in [0.25, 0.3) is 5.91 Å². The van der Waals surface area contributed by atoms with Gasteiger partial charge in [-0.1, -0.05) is 6.08 Å². The molecule has 1 N–H and O–H groups in total. The molecule has 1 aliphatic heterocycles. The Kier molecular flexibility index (Phi) is 7.27. The Balaban J connectivity index is 3.01. The SMILES string of the molecule is C/C=C(\C=C(/CO)C(F)(F)F)C(=O)N1/C=C/N=C\C=C\OCC1. The van der Waals surface area contributed by atoms with Crippen LogP contribution in [0.2, 0.25) is 0 Å². The zero-order valence-corrected chi connectivity index (χ0v) is 12.5. The van der Waals surface area contributed by atoms with E-state index in [9.17, 15) is 18.0 Å². The van der Waals surface area contributed by atoms with Gasteiger partial charge < -0.3 is 14.7 Å². The molecule has 1 amide bonds. The van der Waals surface area contributed by atoms with Crippen LogP contribution in [0.25, 0.3) is 0 Å². The fourth-order valence-corrected chi connectivity index (χ4v) is 1.61. The topological polar surface area (TPSA) is 62.1 Å². The summed E-state index contributed by atoms with van der Waals surface area (Å²) in [6.07, 6.45) is 4.29. The van der Waals surface area contributed by atoms with E-state index < -0.39 is 24.3 Å². The van der Waals surface area contributed by atoms with Crippen molar-refractivity contribution in [2.45, 2.75) is 13.1 Å². The van der Waals surface area contributed by atoms with Crippen LogP contribution in [0.15, 0.2) is 53.0 Å². The van der Waals surface area contributed by atoms with Crippen molar-refractivity contribution in [3.63, 3.8) is 0 Å². The third kappa shape index (κ3) is 6.11. The molecule has 0 bridgehead atoms. The minimum atomic E-state index is -4.71. The number of ether oxygens (including phenoxy) is 1. The number of rotatable bonds is 3. The molecule has 0 radical (unpaired) electrons. The molecule has 1 aliphatic rings. The number of carbonyl (C=O) groups excluding carboxylic acids is 1. The third-order valence-corrected chi connectivity index (χ3v) is 2.81. The maximum Gasteiger partial charge on any atom is 0.414 e. The van der Waals surface area contributed by atoms with Gasteiger partial charge in [0, 0.05) is 24.2 Å². The van der Waals surface area contributed by atoms with Crippen LogP contribution in [0, 0.1) is 0 Å². The molecule has 126 valence electrons. The van der Waals surface area contributed by atoms with E-state index in [2.05, 4.69) is 4.99 Å². The van der Waals surface area contributed by atoms with Gasteiger partial charge in [0.05, 0.1) is 25.0 Å². The minimum Gasteiger partial charge on any atom is -0.499 e. The Labute approximate surface area is 131 Å². The number of alkyl halides is 3. The lowest BCUT2D eigenvalue weighted by Crippen LogP contribution is -2.30. The second-order valence-electron chi connectivity index (χ2n) is 4.36.